The van der Waals surface area contributed by atoms with E-state index in [9.17, 15) is 9.90 Å². The highest BCUT2D eigenvalue weighted by atomic mass is 16.3. The first kappa shape index (κ1) is 25.4. The number of hydrogen-bond acceptors (Lipinski definition) is 6. The molecule has 7 nitrogen and oxygen atoms in total. The van der Waals surface area contributed by atoms with Crippen LogP contribution in [0.1, 0.15) is 50.3 Å². The molecule has 0 aromatic carbocycles. The average Bonchev–Trinajstić information content (AvgIpc) is 2.78. The minimum Gasteiger partial charge on any atom is -0.396 e. The predicted molar refractivity (Wildman–Crippen MR) is 126 cm³/mol. The van der Waals surface area contributed by atoms with Gasteiger partial charge in [-0.25, -0.2) is 0 Å². The first-order valence-electron chi connectivity index (χ1n) is 11.7. The number of rotatable bonds is 13. The molecule has 1 aliphatic rings. The summed E-state index contributed by atoms with van der Waals surface area (Å²) in [5, 5.41) is 13.0. The number of aliphatic imine (C=N–C) groups is 1. The second-order valence-corrected chi connectivity index (χ2v) is 8.80. The van der Waals surface area contributed by atoms with Gasteiger partial charge in [-0.1, -0.05) is 32.1 Å². The van der Waals surface area contributed by atoms with Crippen LogP contribution in [-0.4, -0.2) is 85.4 Å². The van der Waals surface area contributed by atoms with E-state index < -0.39 is 0 Å². The SMILES string of the molecule is CCN(CCN(C)C)C(=O)CNCc1cc(/C=N/CC(CO)C2CCCCC2)ccn1. The number of hydrogen-bond donors (Lipinski definition) is 2. The minimum atomic E-state index is 0.111. The molecule has 0 spiro atoms. The Hall–Kier alpha value is -1.83. The van der Waals surface area contributed by atoms with Gasteiger partial charge in [0.05, 0.1) is 12.2 Å². The maximum Gasteiger partial charge on any atom is 0.236 e. The molecule has 0 radical (unpaired) electrons. The smallest absolute Gasteiger partial charge is 0.236 e. The summed E-state index contributed by atoms with van der Waals surface area (Å²) in [5.41, 5.74) is 1.89. The normalized spacial score (nSPS) is 16.2. The molecule has 1 unspecified atom stereocenters. The molecule has 1 aliphatic carbocycles. The van der Waals surface area contributed by atoms with E-state index in [4.69, 9.17) is 0 Å². The molecule has 1 saturated carbocycles. The fraction of sp³-hybridized carbons (Fsp3) is 0.708. The Morgan fingerprint density at radius 3 is 2.77 bits per heavy atom. The van der Waals surface area contributed by atoms with Crippen molar-refractivity contribution in [2.24, 2.45) is 16.8 Å². The van der Waals surface area contributed by atoms with E-state index in [-0.39, 0.29) is 18.4 Å². The van der Waals surface area contributed by atoms with Gasteiger partial charge < -0.3 is 20.2 Å². The lowest BCUT2D eigenvalue weighted by atomic mass is 9.80. The van der Waals surface area contributed by atoms with E-state index in [0.29, 0.717) is 32.1 Å². The summed E-state index contributed by atoms with van der Waals surface area (Å²) in [4.78, 5) is 25.3. The Morgan fingerprint density at radius 1 is 1.32 bits per heavy atom. The van der Waals surface area contributed by atoms with Gasteiger partial charge in [-0.2, -0.15) is 0 Å². The second-order valence-electron chi connectivity index (χ2n) is 8.80. The van der Waals surface area contributed by atoms with Gasteiger partial charge in [-0.15, -0.1) is 0 Å². The van der Waals surface area contributed by atoms with E-state index >= 15 is 0 Å². The summed E-state index contributed by atoms with van der Waals surface area (Å²) in [6.07, 6.45) is 9.97. The monoisotopic (exact) mass is 431 g/mol. The minimum absolute atomic E-state index is 0.111. The van der Waals surface area contributed by atoms with Crippen LogP contribution in [0.25, 0.3) is 0 Å². The third-order valence-corrected chi connectivity index (χ3v) is 6.11. The van der Waals surface area contributed by atoms with E-state index in [2.05, 4.69) is 20.2 Å². The largest absolute Gasteiger partial charge is 0.396 e. The van der Waals surface area contributed by atoms with Crippen molar-refractivity contribution in [1.82, 2.24) is 20.1 Å². The molecule has 1 heterocycles. The van der Waals surface area contributed by atoms with Crippen LogP contribution in [0.2, 0.25) is 0 Å². The van der Waals surface area contributed by atoms with Gasteiger partial charge in [-0.3, -0.25) is 14.8 Å². The van der Waals surface area contributed by atoms with Crippen LogP contribution in [0, 0.1) is 11.8 Å². The molecule has 2 rings (SSSR count). The Morgan fingerprint density at radius 2 is 2.10 bits per heavy atom. The Bertz CT molecular complexity index is 674. The predicted octanol–water partition coefficient (Wildman–Crippen LogP) is 2.19. The molecule has 0 bridgehead atoms. The van der Waals surface area contributed by atoms with Crippen molar-refractivity contribution in [3.05, 3.63) is 29.6 Å². The van der Waals surface area contributed by atoms with Gasteiger partial charge in [0.25, 0.3) is 0 Å². The topological polar surface area (TPSA) is 81.1 Å². The zero-order valence-electron chi connectivity index (χ0n) is 19.6. The summed E-state index contributed by atoms with van der Waals surface area (Å²) < 4.78 is 0. The lowest BCUT2D eigenvalue weighted by Gasteiger charge is -2.27. The molecule has 2 N–H and O–H groups in total. The van der Waals surface area contributed by atoms with Crippen molar-refractivity contribution >= 4 is 12.1 Å². The highest BCUT2D eigenvalue weighted by Crippen LogP contribution is 2.30. The van der Waals surface area contributed by atoms with E-state index in [1.54, 1.807) is 6.20 Å². The number of carbonyl (C=O) groups excluding carboxylic acids is 1. The van der Waals surface area contributed by atoms with Crippen molar-refractivity contribution in [3.63, 3.8) is 0 Å². The molecule has 1 atom stereocenters. The van der Waals surface area contributed by atoms with Crippen molar-refractivity contribution < 1.29 is 9.90 Å². The highest BCUT2D eigenvalue weighted by Gasteiger charge is 2.22. The Kier molecular flexibility index (Phi) is 11.7. The van der Waals surface area contributed by atoms with Crippen LogP contribution in [0.3, 0.4) is 0 Å². The number of carbonyl (C=O) groups is 1. The molecule has 1 aromatic heterocycles. The van der Waals surface area contributed by atoms with Crippen molar-refractivity contribution in [1.29, 1.82) is 0 Å². The van der Waals surface area contributed by atoms with Gasteiger partial charge >= 0.3 is 0 Å². The molecule has 0 saturated heterocycles. The number of nitrogens with one attached hydrogen (secondary N) is 1. The summed E-state index contributed by atoms with van der Waals surface area (Å²) in [7, 11) is 4.02. The molecular formula is C24H41N5O2. The van der Waals surface area contributed by atoms with Crippen LogP contribution in [0.5, 0.6) is 0 Å². The molecule has 0 aliphatic heterocycles. The van der Waals surface area contributed by atoms with Crippen molar-refractivity contribution in [2.75, 3.05) is 53.4 Å². The summed E-state index contributed by atoms with van der Waals surface area (Å²) in [6, 6.07) is 3.94. The van der Waals surface area contributed by atoms with E-state index in [1.807, 2.05) is 44.3 Å². The van der Waals surface area contributed by atoms with Crippen LogP contribution >= 0.6 is 0 Å². The third kappa shape index (κ3) is 9.46. The van der Waals surface area contributed by atoms with Crippen LogP contribution in [0.4, 0.5) is 0 Å². The van der Waals surface area contributed by atoms with Crippen molar-refractivity contribution in [3.8, 4) is 0 Å². The number of aliphatic hydroxyl groups is 1. The van der Waals surface area contributed by atoms with Gasteiger partial charge in [-0.05, 0) is 44.6 Å². The van der Waals surface area contributed by atoms with Gasteiger partial charge in [0.1, 0.15) is 0 Å². The molecule has 174 valence electrons. The molecule has 7 heteroatoms. The zero-order valence-corrected chi connectivity index (χ0v) is 19.6. The van der Waals surface area contributed by atoms with E-state index in [1.165, 1.54) is 32.1 Å². The van der Waals surface area contributed by atoms with Crippen molar-refractivity contribution in [2.45, 2.75) is 45.6 Å². The molecule has 31 heavy (non-hydrogen) atoms. The van der Waals surface area contributed by atoms with E-state index in [0.717, 1.165) is 24.3 Å². The second kappa shape index (κ2) is 14.3. The number of nitrogens with zero attached hydrogens (tertiary/aromatic N) is 4. The Labute approximate surface area is 187 Å². The molecule has 1 fully saturated rings. The number of amides is 1. The van der Waals surface area contributed by atoms with Crippen LogP contribution in [0.15, 0.2) is 23.3 Å². The quantitative estimate of drug-likeness (QED) is 0.468. The Balaban J connectivity index is 1.79. The lowest BCUT2D eigenvalue weighted by Crippen LogP contribution is -2.41. The number of pyridine rings is 1. The zero-order chi connectivity index (χ0) is 22.5. The van der Waals surface area contributed by atoms with Gasteiger partial charge in [0.15, 0.2) is 0 Å². The number of likely N-dealkylation sites (N-methyl/N-ethyl adjacent to an activating group) is 2. The standard InChI is InChI=1S/C24H41N5O2/c1-4-29(13-12-28(2)3)24(31)18-26-17-23-14-20(10-11-27-23)15-25-16-22(19-30)21-8-6-5-7-9-21/h10-11,14-15,21-22,26,30H,4-9,12-13,16-19H2,1-3H3/b25-15+. The summed E-state index contributed by atoms with van der Waals surface area (Å²) in [6.45, 7) is 6.06. The first-order valence-corrected chi connectivity index (χ1v) is 11.7. The lowest BCUT2D eigenvalue weighted by molar-refractivity contribution is -0.130. The fourth-order valence-electron chi connectivity index (χ4n) is 4.12. The van der Waals surface area contributed by atoms with Crippen LogP contribution in [-0.2, 0) is 11.3 Å². The fourth-order valence-corrected chi connectivity index (χ4v) is 4.12. The summed E-state index contributed by atoms with van der Waals surface area (Å²) in [5.74, 6) is 0.977. The first-order chi connectivity index (χ1) is 15.0. The third-order valence-electron chi connectivity index (χ3n) is 6.11. The maximum atomic E-state index is 12.4. The molecule has 1 amide bonds. The van der Waals surface area contributed by atoms with Crippen LogP contribution < -0.4 is 5.32 Å². The maximum absolute atomic E-state index is 12.4. The number of aliphatic hydroxyl groups excluding tert-OH is 1. The molecule has 1 aromatic rings. The van der Waals surface area contributed by atoms with Gasteiger partial charge in [0.2, 0.25) is 5.91 Å². The summed E-state index contributed by atoms with van der Waals surface area (Å²) >= 11 is 0. The van der Waals surface area contributed by atoms with Gasteiger partial charge in [0, 0.05) is 57.7 Å². The average molecular weight is 432 g/mol. The highest BCUT2D eigenvalue weighted by molar-refractivity contribution is 5.79. The number of aromatic nitrogens is 1. The molecular weight excluding hydrogens is 390 g/mol.